The number of hydrogen-bond acceptors (Lipinski definition) is 2. The van der Waals surface area contributed by atoms with Gasteiger partial charge >= 0.3 is 0 Å². The molecule has 0 heterocycles. The summed E-state index contributed by atoms with van der Waals surface area (Å²) in [5, 5.41) is 3.48. The summed E-state index contributed by atoms with van der Waals surface area (Å²) in [6.45, 7) is 5.45. The fourth-order valence-corrected chi connectivity index (χ4v) is 1.90. The van der Waals surface area contributed by atoms with Crippen LogP contribution in [0.3, 0.4) is 0 Å². The van der Waals surface area contributed by atoms with Crippen LogP contribution in [-0.2, 0) is 0 Å². The van der Waals surface area contributed by atoms with E-state index in [2.05, 4.69) is 12.2 Å². The molecule has 0 aliphatic heterocycles. The molecule has 0 aromatic rings. The first kappa shape index (κ1) is 15.9. The number of nitrogens with two attached hydrogens (primary N) is 1. The molecule has 0 rings (SSSR count). The average molecular weight is 228 g/mol. The fraction of sp³-hybridized carbons (Fsp3) is 1.00. The van der Waals surface area contributed by atoms with Gasteiger partial charge in [0.2, 0.25) is 0 Å². The highest BCUT2D eigenvalue weighted by atomic mass is 14.8. The predicted molar refractivity (Wildman–Crippen MR) is 73.8 cm³/mol. The van der Waals surface area contributed by atoms with Crippen LogP contribution in [0.4, 0.5) is 0 Å². The van der Waals surface area contributed by atoms with Gasteiger partial charge in [-0.05, 0) is 38.9 Å². The summed E-state index contributed by atoms with van der Waals surface area (Å²) in [6, 6.07) is 0. The maximum Gasteiger partial charge on any atom is -0.00484 e. The van der Waals surface area contributed by atoms with Crippen molar-refractivity contribution < 1.29 is 0 Å². The summed E-state index contributed by atoms with van der Waals surface area (Å²) in [7, 11) is 0. The molecule has 0 aromatic heterocycles. The van der Waals surface area contributed by atoms with E-state index < -0.39 is 0 Å². The van der Waals surface area contributed by atoms with E-state index in [-0.39, 0.29) is 0 Å². The van der Waals surface area contributed by atoms with Crippen molar-refractivity contribution in [2.45, 2.75) is 71.1 Å². The predicted octanol–water partition coefficient (Wildman–Crippen LogP) is 3.46. The number of hydrogen-bond donors (Lipinski definition) is 2. The molecule has 0 bridgehead atoms. The van der Waals surface area contributed by atoms with Gasteiger partial charge in [-0.1, -0.05) is 51.9 Å². The van der Waals surface area contributed by atoms with Crippen molar-refractivity contribution in [2.24, 2.45) is 5.73 Å². The van der Waals surface area contributed by atoms with E-state index in [1.54, 1.807) is 0 Å². The second-order valence-electron chi connectivity index (χ2n) is 4.72. The Kier molecular flexibility index (Phi) is 14.8. The molecule has 0 fully saturated rings. The second kappa shape index (κ2) is 14.9. The van der Waals surface area contributed by atoms with Crippen molar-refractivity contribution in [3.8, 4) is 0 Å². The lowest BCUT2D eigenvalue weighted by atomic mass is 10.1. The van der Waals surface area contributed by atoms with Crippen LogP contribution in [0.1, 0.15) is 71.1 Å². The van der Waals surface area contributed by atoms with Gasteiger partial charge < -0.3 is 11.1 Å². The Morgan fingerprint density at radius 1 is 0.688 bits per heavy atom. The van der Waals surface area contributed by atoms with E-state index in [0.29, 0.717) is 0 Å². The van der Waals surface area contributed by atoms with Gasteiger partial charge in [0.25, 0.3) is 0 Å². The Morgan fingerprint density at radius 2 is 1.19 bits per heavy atom. The third kappa shape index (κ3) is 13.9. The molecule has 0 spiro atoms. The molecule has 0 saturated carbocycles. The molecule has 0 aromatic carbocycles. The molecule has 0 saturated heterocycles. The van der Waals surface area contributed by atoms with Gasteiger partial charge in [0.05, 0.1) is 0 Å². The largest absolute Gasteiger partial charge is 0.330 e. The number of rotatable bonds is 13. The van der Waals surface area contributed by atoms with E-state index in [0.717, 1.165) is 19.5 Å². The topological polar surface area (TPSA) is 38.0 Å². The zero-order valence-electron chi connectivity index (χ0n) is 11.3. The highest BCUT2D eigenvalue weighted by molar-refractivity contribution is 4.51. The van der Waals surface area contributed by atoms with Gasteiger partial charge in [-0.2, -0.15) is 0 Å². The standard InChI is InChI=1S/C14H32N2/c1-2-3-4-5-6-7-8-10-13-16-14-11-9-12-15/h16H,2-15H2,1H3. The minimum Gasteiger partial charge on any atom is -0.330 e. The quantitative estimate of drug-likeness (QED) is 0.474. The minimum absolute atomic E-state index is 0.833. The fourth-order valence-electron chi connectivity index (χ4n) is 1.90. The van der Waals surface area contributed by atoms with Gasteiger partial charge in [-0.3, -0.25) is 0 Å². The van der Waals surface area contributed by atoms with Crippen molar-refractivity contribution in [2.75, 3.05) is 19.6 Å². The highest BCUT2D eigenvalue weighted by Crippen LogP contribution is 2.07. The van der Waals surface area contributed by atoms with Crippen LogP contribution in [-0.4, -0.2) is 19.6 Å². The second-order valence-corrected chi connectivity index (χ2v) is 4.72. The molecule has 2 heteroatoms. The summed E-state index contributed by atoms with van der Waals surface area (Å²) in [5.41, 5.74) is 5.43. The minimum atomic E-state index is 0.833. The molecule has 16 heavy (non-hydrogen) atoms. The Hall–Kier alpha value is -0.0800. The van der Waals surface area contributed by atoms with Crippen molar-refractivity contribution in [3.63, 3.8) is 0 Å². The van der Waals surface area contributed by atoms with Crippen molar-refractivity contribution in [1.82, 2.24) is 5.32 Å². The van der Waals surface area contributed by atoms with Crippen LogP contribution in [0.5, 0.6) is 0 Å². The zero-order chi connectivity index (χ0) is 11.9. The van der Waals surface area contributed by atoms with Gasteiger partial charge in [-0.15, -0.1) is 0 Å². The Balaban J connectivity index is 2.83. The van der Waals surface area contributed by atoms with Crippen LogP contribution in [0.25, 0.3) is 0 Å². The monoisotopic (exact) mass is 228 g/mol. The SMILES string of the molecule is CCCCCCCCCCNCCCCN. The first-order valence-corrected chi connectivity index (χ1v) is 7.32. The summed E-state index contributed by atoms with van der Waals surface area (Å²) in [6.07, 6.45) is 13.6. The Morgan fingerprint density at radius 3 is 1.75 bits per heavy atom. The van der Waals surface area contributed by atoms with Crippen molar-refractivity contribution in [1.29, 1.82) is 0 Å². The molecule has 0 aliphatic carbocycles. The molecule has 0 atom stereocenters. The smallest absolute Gasteiger partial charge is 0.00484 e. The number of unbranched alkanes of at least 4 members (excludes halogenated alkanes) is 8. The van der Waals surface area contributed by atoms with E-state index >= 15 is 0 Å². The van der Waals surface area contributed by atoms with E-state index in [1.165, 1.54) is 64.3 Å². The Labute approximate surface area is 102 Å². The van der Waals surface area contributed by atoms with Crippen LogP contribution in [0.15, 0.2) is 0 Å². The van der Waals surface area contributed by atoms with Gasteiger partial charge in [0.15, 0.2) is 0 Å². The third-order valence-corrected chi connectivity index (χ3v) is 3.01. The van der Waals surface area contributed by atoms with E-state index in [4.69, 9.17) is 5.73 Å². The average Bonchev–Trinajstić information content (AvgIpc) is 2.31. The molecule has 3 N–H and O–H groups in total. The van der Waals surface area contributed by atoms with E-state index in [1.807, 2.05) is 0 Å². The van der Waals surface area contributed by atoms with Gasteiger partial charge in [0.1, 0.15) is 0 Å². The third-order valence-electron chi connectivity index (χ3n) is 3.01. The molecule has 0 radical (unpaired) electrons. The maximum atomic E-state index is 5.43. The lowest BCUT2D eigenvalue weighted by molar-refractivity contribution is 0.548. The van der Waals surface area contributed by atoms with Crippen LogP contribution < -0.4 is 11.1 Å². The first-order valence-electron chi connectivity index (χ1n) is 7.32. The van der Waals surface area contributed by atoms with Crippen LogP contribution in [0, 0.1) is 0 Å². The molecule has 0 aliphatic rings. The Bertz CT molecular complexity index is 101. The number of nitrogens with one attached hydrogen (secondary N) is 1. The molecule has 2 nitrogen and oxygen atoms in total. The molecule has 98 valence electrons. The lowest BCUT2D eigenvalue weighted by Crippen LogP contribution is -2.17. The summed E-state index contributed by atoms with van der Waals surface area (Å²) < 4.78 is 0. The van der Waals surface area contributed by atoms with Crippen LogP contribution >= 0.6 is 0 Å². The summed E-state index contributed by atoms with van der Waals surface area (Å²) in [4.78, 5) is 0. The lowest BCUT2D eigenvalue weighted by Gasteiger charge is -2.04. The van der Waals surface area contributed by atoms with Crippen LogP contribution in [0.2, 0.25) is 0 Å². The van der Waals surface area contributed by atoms with Crippen molar-refractivity contribution in [3.05, 3.63) is 0 Å². The molecular weight excluding hydrogens is 196 g/mol. The molecule has 0 unspecified atom stereocenters. The van der Waals surface area contributed by atoms with E-state index in [9.17, 15) is 0 Å². The van der Waals surface area contributed by atoms with Gasteiger partial charge in [-0.25, -0.2) is 0 Å². The zero-order valence-corrected chi connectivity index (χ0v) is 11.3. The first-order chi connectivity index (χ1) is 7.91. The molecular formula is C14H32N2. The highest BCUT2D eigenvalue weighted by Gasteiger charge is 1.91. The summed E-state index contributed by atoms with van der Waals surface area (Å²) >= 11 is 0. The van der Waals surface area contributed by atoms with Gasteiger partial charge in [0, 0.05) is 0 Å². The van der Waals surface area contributed by atoms with Crippen molar-refractivity contribution >= 4 is 0 Å². The maximum absolute atomic E-state index is 5.43. The normalized spacial score (nSPS) is 10.9. The molecule has 0 amide bonds. The summed E-state index contributed by atoms with van der Waals surface area (Å²) in [5.74, 6) is 0.